The molecule has 0 saturated carbocycles. The quantitative estimate of drug-likeness (QED) is 0.784. The highest BCUT2D eigenvalue weighted by molar-refractivity contribution is 6.28. The van der Waals surface area contributed by atoms with Crippen LogP contribution in [0, 0.1) is 0 Å². The lowest BCUT2D eigenvalue weighted by molar-refractivity contribution is 0.620. The number of nitrogens with one attached hydrogen (secondary N) is 1. The van der Waals surface area contributed by atoms with Gasteiger partial charge >= 0.3 is 0 Å². The fourth-order valence-corrected chi connectivity index (χ4v) is 1.81. The molecule has 0 aliphatic rings. The first-order valence-corrected chi connectivity index (χ1v) is 6.81. The van der Waals surface area contributed by atoms with E-state index in [9.17, 15) is 0 Å². The molecule has 0 spiro atoms. The van der Waals surface area contributed by atoms with Crippen LogP contribution in [0.3, 0.4) is 0 Å². The highest BCUT2D eigenvalue weighted by Gasteiger charge is 2.05. The minimum atomic E-state index is 0.199. The number of anilines is 2. The van der Waals surface area contributed by atoms with Crippen molar-refractivity contribution in [2.24, 2.45) is 0 Å². The highest BCUT2D eigenvalue weighted by Crippen LogP contribution is 2.11. The number of rotatable bonds is 7. The van der Waals surface area contributed by atoms with Gasteiger partial charge in [0.2, 0.25) is 17.2 Å². The Morgan fingerprint density at radius 1 is 1.25 bits per heavy atom. The van der Waals surface area contributed by atoms with Gasteiger partial charge in [-0.2, -0.15) is 15.0 Å². The molecule has 0 aliphatic heterocycles. The van der Waals surface area contributed by atoms with Gasteiger partial charge in [-0.15, -0.1) is 0 Å². The fraction of sp³-hybridized carbons (Fsp3) is 0.500. The maximum absolute atomic E-state index is 5.86. The average Bonchev–Trinajstić information content (AvgIpc) is 2.91. The molecule has 20 heavy (non-hydrogen) atoms. The zero-order valence-corrected chi connectivity index (χ0v) is 12.4. The number of unbranched alkanes of at least 4 members (excludes halogenated alkanes) is 1. The van der Waals surface area contributed by atoms with Crippen molar-refractivity contribution in [2.75, 3.05) is 30.9 Å². The number of nitrogens with zero attached hydrogens (tertiary/aromatic N) is 6. The summed E-state index contributed by atoms with van der Waals surface area (Å²) in [6, 6.07) is 0. The molecule has 7 nitrogen and oxygen atoms in total. The van der Waals surface area contributed by atoms with E-state index in [-0.39, 0.29) is 5.28 Å². The smallest absolute Gasteiger partial charge is 0.230 e. The molecule has 0 bridgehead atoms. The molecule has 0 radical (unpaired) electrons. The summed E-state index contributed by atoms with van der Waals surface area (Å²) in [7, 11) is 3.72. The third kappa shape index (κ3) is 4.34. The number of aryl methyl sites for hydroxylation is 1. The minimum absolute atomic E-state index is 0.199. The normalized spacial score (nSPS) is 10.6. The molecule has 1 N–H and O–H groups in total. The van der Waals surface area contributed by atoms with Gasteiger partial charge in [0.15, 0.2) is 0 Å². The predicted molar refractivity (Wildman–Crippen MR) is 79.1 cm³/mol. The van der Waals surface area contributed by atoms with Gasteiger partial charge in [-0.05, 0) is 24.4 Å². The van der Waals surface area contributed by atoms with Gasteiger partial charge in [0, 0.05) is 39.6 Å². The Kier molecular flexibility index (Phi) is 5.11. The first kappa shape index (κ1) is 14.5. The fourth-order valence-electron chi connectivity index (χ4n) is 1.66. The molecule has 0 aromatic carbocycles. The molecule has 2 rings (SSSR count). The molecular formula is C12H18ClN7. The van der Waals surface area contributed by atoms with Crippen LogP contribution in [-0.4, -0.2) is 45.1 Å². The molecule has 0 unspecified atom stereocenters. The summed E-state index contributed by atoms with van der Waals surface area (Å²) in [4.78, 5) is 18.2. The zero-order chi connectivity index (χ0) is 14.4. The van der Waals surface area contributed by atoms with Crippen LogP contribution in [0.1, 0.15) is 12.8 Å². The molecule has 0 atom stereocenters. The summed E-state index contributed by atoms with van der Waals surface area (Å²) >= 11 is 5.86. The number of imidazole rings is 1. The minimum Gasteiger partial charge on any atom is -0.354 e. The van der Waals surface area contributed by atoms with Gasteiger partial charge in [-0.25, -0.2) is 4.98 Å². The van der Waals surface area contributed by atoms with E-state index in [1.54, 1.807) is 11.1 Å². The van der Waals surface area contributed by atoms with Crippen molar-refractivity contribution < 1.29 is 0 Å². The molecule has 0 saturated heterocycles. The van der Waals surface area contributed by atoms with Crippen LogP contribution in [0.15, 0.2) is 18.7 Å². The molecule has 108 valence electrons. The zero-order valence-electron chi connectivity index (χ0n) is 11.6. The van der Waals surface area contributed by atoms with Crippen LogP contribution in [0.25, 0.3) is 0 Å². The standard InChI is InChI=1S/C12H18ClN7/c1-19(2)12-17-10(13)16-11(18-12)15-5-3-4-7-20-8-6-14-9-20/h6,8-9H,3-5,7H2,1-2H3,(H,15,16,17,18). The van der Waals surface area contributed by atoms with Crippen LogP contribution in [0.5, 0.6) is 0 Å². The Balaban J connectivity index is 1.76. The van der Waals surface area contributed by atoms with Crippen molar-refractivity contribution in [1.82, 2.24) is 24.5 Å². The van der Waals surface area contributed by atoms with Gasteiger partial charge in [-0.1, -0.05) is 0 Å². The van der Waals surface area contributed by atoms with Gasteiger partial charge in [0.1, 0.15) is 0 Å². The third-order valence-electron chi connectivity index (χ3n) is 2.68. The van der Waals surface area contributed by atoms with E-state index in [0.717, 1.165) is 25.9 Å². The van der Waals surface area contributed by atoms with Crippen molar-refractivity contribution in [3.8, 4) is 0 Å². The number of aromatic nitrogens is 5. The van der Waals surface area contributed by atoms with Crippen LogP contribution < -0.4 is 10.2 Å². The summed E-state index contributed by atoms with van der Waals surface area (Å²) in [5.41, 5.74) is 0. The average molecular weight is 296 g/mol. The summed E-state index contributed by atoms with van der Waals surface area (Å²) < 4.78 is 2.06. The second kappa shape index (κ2) is 7.04. The van der Waals surface area contributed by atoms with E-state index < -0.39 is 0 Å². The maximum Gasteiger partial charge on any atom is 0.230 e. The molecule has 0 fully saturated rings. The summed E-state index contributed by atoms with van der Waals surface area (Å²) in [5.74, 6) is 1.06. The van der Waals surface area contributed by atoms with E-state index in [1.807, 2.05) is 26.6 Å². The maximum atomic E-state index is 5.86. The largest absolute Gasteiger partial charge is 0.354 e. The second-order valence-corrected chi connectivity index (χ2v) is 4.89. The molecule has 2 heterocycles. The lowest BCUT2D eigenvalue weighted by Crippen LogP contribution is -2.15. The molecular weight excluding hydrogens is 278 g/mol. The summed E-state index contributed by atoms with van der Waals surface area (Å²) in [6.45, 7) is 1.75. The Morgan fingerprint density at radius 2 is 2.10 bits per heavy atom. The Labute approximate surface area is 123 Å². The van der Waals surface area contributed by atoms with E-state index in [1.165, 1.54) is 0 Å². The lowest BCUT2D eigenvalue weighted by Gasteiger charge is -2.11. The lowest BCUT2D eigenvalue weighted by atomic mass is 10.3. The third-order valence-corrected chi connectivity index (χ3v) is 2.85. The molecule has 8 heteroatoms. The van der Waals surface area contributed by atoms with Crippen LogP contribution >= 0.6 is 11.6 Å². The summed E-state index contributed by atoms with van der Waals surface area (Å²) in [6.07, 6.45) is 7.64. The van der Waals surface area contributed by atoms with Crippen molar-refractivity contribution in [3.05, 3.63) is 24.0 Å². The van der Waals surface area contributed by atoms with Crippen LogP contribution in [-0.2, 0) is 6.54 Å². The SMILES string of the molecule is CN(C)c1nc(Cl)nc(NCCCCn2ccnc2)n1. The van der Waals surface area contributed by atoms with Crippen molar-refractivity contribution in [2.45, 2.75) is 19.4 Å². The number of hydrogen-bond donors (Lipinski definition) is 1. The van der Waals surface area contributed by atoms with E-state index >= 15 is 0 Å². The van der Waals surface area contributed by atoms with E-state index in [2.05, 4.69) is 29.8 Å². The van der Waals surface area contributed by atoms with Crippen molar-refractivity contribution >= 4 is 23.5 Å². The Morgan fingerprint density at radius 3 is 2.80 bits per heavy atom. The van der Waals surface area contributed by atoms with E-state index in [4.69, 9.17) is 11.6 Å². The molecule has 0 aliphatic carbocycles. The topological polar surface area (TPSA) is 71.8 Å². The van der Waals surface area contributed by atoms with Crippen LogP contribution in [0.2, 0.25) is 5.28 Å². The van der Waals surface area contributed by atoms with E-state index in [0.29, 0.717) is 11.9 Å². The Hall–Kier alpha value is -1.89. The number of halogens is 1. The first-order valence-electron chi connectivity index (χ1n) is 6.43. The van der Waals surface area contributed by atoms with Gasteiger partial charge in [0.05, 0.1) is 6.33 Å². The first-order chi connectivity index (χ1) is 9.65. The molecule has 0 amide bonds. The number of hydrogen-bond acceptors (Lipinski definition) is 6. The predicted octanol–water partition coefficient (Wildman–Crippen LogP) is 1.68. The Bertz CT molecular complexity index is 527. The highest BCUT2D eigenvalue weighted by atomic mass is 35.5. The van der Waals surface area contributed by atoms with Gasteiger partial charge in [0.25, 0.3) is 0 Å². The van der Waals surface area contributed by atoms with Gasteiger partial charge in [-0.3, -0.25) is 0 Å². The molecule has 2 aromatic heterocycles. The summed E-state index contributed by atoms with van der Waals surface area (Å²) in [5, 5.41) is 3.36. The van der Waals surface area contributed by atoms with Gasteiger partial charge < -0.3 is 14.8 Å². The molecule has 2 aromatic rings. The monoisotopic (exact) mass is 295 g/mol. The van der Waals surface area contributed by atoms with Crippen LogP contribution in [0.4, 0.5) is 11.9 Å². The van der Waals surface area contributed by atoms with Crippen molar-refractivity contribution in [3.63, 3.8) is 0 Å². The van der Waals surface area contributed by atoms with Crippen molar-refractivity contribution in [1.29, 1.82) is 0 Å². The second-order valence-electron chi connectivity index (χ2n) is 4.56.